The van der Waals surface area contributed by atoms with Gasteiger partial charge in [0.25, 0.3) is 10.0 Å². The van der Waals surface area contributed by atoms with Crippen LogP contribution in [0.15, 0.2) is 32.3 Å². The molecule has 0 saturated heterocycles. The first-order valence-corrected chi connectivity index (χ1v) is 8.80. The highest BCUT2D eigenvalue weighted by Crippen LogP contribution is 2.37. The molecular formula is C11H7BrClNO4S2. The average molecular weight is 397 g/mol. The third-order valence-corrected chi connectivity index (χ3v) is 6.84. The van der Waals surface area contributed by atoms with Gasteiger partial charge in [-0.25, -0.2) is 8.42 Å². The van der Waals surface area contributed by atoms with Crippen molar-refractivity contribution in [1.82, 2.24) is 0 Å². The quantitative estimate of drug-likeness (QED) is 0.859. The van der Waals surface area contributed by atoms with Gasteiger partial charge in [0, 0.05) is 6.07 Å². The molecule has 0 aliphatic carbocycles. The molecule has 1 aliphatic heterocycles. The van der Waals surface area contributed by atoms with Gasteiger partial charge >= 0.3 is 0 Å². The van der Waals surface area contributed by atoms with Crippen LogP contribution in [0.5, 0.6) is 11.5 Å². The topological polar surface area (TPSA) is 64.6 Å². The molecule has 2 heterocycles. The first-order valence-electron chi connectivity index (χ1n) is 5.33. The van der Waals surface area contributed by atoms with Gasteiger partial charge in [0.1, 0.15) is 4.21 Å². The number of hydrogen-bond donors (Lipinski definition) is 1. The van der Waals surface area contributed by atoms with E-state index in [0.29, 0.717) is 26.0 Å². The van der Waals surface area contributed by atoms with E-state index in [2.05, 4.69) is 20.7 Å². The lowest BCUT2D eigenvalue weighted by Gasteiger charge is -2.06. The maximum absolute atomic E-state index is 12.2. The Bertz CT molecular complexity index is 755. The molecule has 0 amide bonds. The summed E-state index contributed by atoms with van der Waals surface area (Å²) in [5.74, 6) is 1.10. The minimum atomic E-state index is -3.67. The van der Waals surface area contributed by atoms with Crippen LogP contribution in [0.4, 0.5) is 5.69 Å². The van der Waals surface area contributed by atoms with Crippen molar-refractivity contribution in [3.05, 3.63) is 33.1 Å². The number of halogens is 2. The molecule has 5 nitrogen and oxygen atoms in total. The first-order chi connectivity index (χ1) is 9.45. The number of thiophene rings is 1. The van der Waals surface area contributed by atoms with Crippen molar-refractivity contribution in [2.75, 3.05) is 11.5 Å². The Balaban J connectivity index is 1.90. The molecule has 1 aliphatic rings. The molecule has 0 saturated carbocycles. The molecule has 20 heavy (non-hydrogen) atoms. The fourth-order valence-corrected chi connectivity index (χ4v) is 5.07. The largest absolute Gasteiger partial charge is 0.454 e. The number of sulfonamides is 1. The molecule has 0 radical (unpaired) electrons. The van der Waals surface area contributed by atoms with E-state index in [4.69, 9.17) is 21.1 Å². The lowest BCUT2D eigenvalue weighted by molar-refractivity contribution is 0.174. The SMILES string of the molecule is O=S(=O)(Nc1ccc2c(c1)OCO2)c1cc(Cl)c(Br)s1. The highest BCUT2D eigenvalue weighted by molar-refractivity contribution is 9.11. The van der Waals surface area contributed by atoms with E-state index in [0.717, 1.165) is 11.3 Å². The van der Waals surface area contributed by atoms with E-state index in [-0.39, 0.29) is 11.0 Å². The fraction of sp³-hybridized carbons (Fsp3) is 0.0909. The van der Waals surface area contributed by atoms with Crippen LogP contribution in [0, 0.1) is 0 Å². The first kappa shape index (κ1) is 14.0. The Labute approximate surface area is 132 Å². The maximum Gasteiger partial charge on any atom is 0.271 e. The van der Waals surface area contributed by atoms with Gasteiger partial charge in [-0.3, -0.25) is 4.72 Å². The molecule has 1 N–H and O–H groups in total. The molecule has 2 aromatic rings. The number of anilines is 1. The lowest BCUT2D eigenvalue weighted by atomic mass is 10.3. The monoisotopic (exact) mass is 395 g/mol. The van der Waals surface area contributed by atoms with Gasteiger partial charge in [-0.2, -0.15) is 0 Å². The summed E-state index contributed by atoms with van der Waals surface area (Å²) in [6, 6.07) is 6.22. The van der Waals surface area contributed by atoms with Crippen LogP contribution in [-0.2, 0) is 10.0 Å². The Morgan fingerprint density at radius 1 is 1.25 bits per heavy atom. The number of rotatable bonds is 3. The molecule has 0 unspecified atom stereocenters. The molecule has 1 aromatic heterocycles. The number of hydrogen-bond acceptors (Lipinski definition) is 5. The van der Waals surface area contributed by atoms with Crippen molar-refractivity contribution >= 4 is 54.6 Å². The Hall–Kier alpha value is -0.960. The second-order valence-corrected chi connectivity index (χ2v) is 8.55. The lowest BCUT2D eigenvalue weighted by Crippen LogP contribution is -2.11. The number of fused-ring (bicyclic) bond motifs is 1. The van der Waals surface area contributed by atoms with E-state index in [9.17, 15) is 8.42 Å². The van der Waals surface area contributed by atoms with Crippen molar-refractivity contribution in [2.45, 2.75) is 4.21 Å². The van der Waals surface area contributed by atoms with E-state index < -0.39 is 10.0 Å². The third kappa shape index (κ3) is 2.60. The molecule has 9 heteroatoms. The summed E-state index contributed by atoms with van der Waals surface area (Å²) in [5, 5.41) is 0.362. The molecule has 1 aromatic carbocycles. The van der Waals surface area contributed by atoms with Gasteiger partial charge in [0.05, 0.1) is 14.5 Å². The predicted octanol–water partition coefficient (Wildman–Crippen LogP) is 3.69. The number of ether oxygens (including phenoxy) is 2. The summed E-state index contributed by atoms with van der Waals surface area (Å²) >= 11 is 10.1. The van der Waals surface area contributed by atoms with Crippen LogP contribution in [0.2, 0.25) is 5.02 Å². The molecule has 0 atom stereocenters. The zero-order valence-corrected chi connectivity index (χ0v) is 13.7. The van der Waals surface area contributed by atoms with E-state index in [1.165, 1.54) is 6.07 Å². The number of benzene rings is 1. The standard InChI is InChI=1S/C11H7BrClNO4S2/c12-11-7(13)4-10(19-11)20(15,16)14-6-1-2-8-9(3-6)18-5-17-8/h1-4,14H,5H2. The van der Waals surface area contributed by atoms with Crippen molar-refractivity contribution in [2.24, 2.45) is 0 Å². The zero-order chi connectivity index (χ0) is 14.3. The van der Waals surface area contributed by atoms with Crippen LogP contribution < -0.4 is 14.2 Å². The smallest absolute Gasteiger partial charge is 0.271 e. The summed E-state index contributed by atoms with van der Waals surface area (Å²) < 4.78 is 38.0. The Morgan fingerprint density at radius 2 is 2.00 bits per heavy atom. The highest BCUT2D eigenvalue weighted by Gasteiger charge is 2.21. The normalized spacial score (nSPS) is 13.5. The fourth-order valence-electron chi connectivity index (χ4n) is 1.62. The summed E-state index contributed by atoms with van der Waals surface area (Å²) in [4.78, 5) is 0. The molecule has 0 fully saturated rings. The maximum atomic E-state index is 12.2. The van der Waals surface area contributed by atoms with Crippen molar-refractivity contribution in [1.29, 1.82) is 0 Å². The summed E-state index contributed by atoms with van der Waals surface area (Å²) in [7, 11) is -3.67. The van der Waals surface area contributed by atoms with Crippen LogP contribution in [0.1, 0.15) is 0 Å². The van der Waals surface area contributed by atoms with Crippen LogP contribution in [-0.4, -0.2) is 15.2 Å². The number of nitrogens with one attached hydrogen (secondary N) is 1. The minimum Gasteiger partial charge on any atom is -0.454 e. The molecule has 0 bridgehead atoms. The van der Waals surface area contributed by atoms with Gasteiger partial charge in [-0.15, -0.1) is 11.3 Å². The minimum absolute atomic E-state index is 0.132. The predicted molar refractivity (Wildman–Crippen MR) is 80.4 cm³/mol. The van der Waals surface area contributed by atoms with Crippen LogP contribution in [0.3, 0.4) is 0 Å². The second kappa shape index (κ2) is 5.10. The summed E-state index contributed by atoms with van der Waals surface area (Å²) in [6.45, 7) is 0.138. The average Bonchev–Trinajstić information content (AvgIpc) is 2.96. The van der Waals surface area contributed by atoms with E-state index >= 15 is 0 Å². The second-order valence-electron chi connectivity index (χ2n) is 3.86. The third-order valence-electron chi connectivity index (χ3n) is 2.51. The molecule has 3 rings (SSSR count). The summed E-state index contributed by atoms with van der Waals surface area (Å²) in [5.41, 5.74) is 0.398. The zero-order valence-electron chi connectivity index (χ0n) is 9.72. The van der Waals surface area contributed by atoms with Crippen molar-refractivity contribution in [3.63, 3.8) is 0 Å². The van der Waals surface area contributed by atoms with Crippen LogP contribution >= 0.6 is 38.9 Å². The van der Waals surface area contributed by atoms with Gasteiger partial charge in [0.15, 0.2) is 11.5 Å². The van der Waals surface area contributed by atoms with Crippen molar-refractivity contribution < 1.29 is 17.9 Å². The summed E-state index contributed by atoms with van der Waals surface area (Å²) in [6.07, 6.45) is 0. The Kier molecular flexibility index (Phi) is 3.57. The van der Waals surface area contributed by atoms with Gasteiger partial charge in [-0.1, -0.05) is 11.6 Å². The molecule has 106 valence electrons. The van der Waals surface area contributed by atoms with Gasteiger partial charge < -0.3 is 9.47 Å². The van der Waals surface area contributed by atoms with E-state index in [1.54, 1.807) is 18.2 Å². The van der Waals surface area contributed by atoms with E-state index in [1.807, 2.05) is 0 Å². The molecular weight excluding hydrogens is 390 g/mol. The Morgan fingerprint density at radius 3 is 2.70 bits per heavy atom. The molecule has 0 spiro atoms. The van der Waals surface area contributed by atoms with Gasteiger partial charge in [0.2, 0.25) is 6.79 Å². The van der Waals surface area contributed by atoms with Crippen LogP contribution in [0.25, 0.3) is 0 Å². The highest BCUT2D eigenvalue weighted by atomic mass is 79.9. The van der Waals surface area contributed by atoms with Crippen molar-refractivity contribution in [3.8, 4) is 11.5 Å². The van der Waals surface area contributed by atoms with Gasteiger partial charge in [-0.05, 0) is 34.1 Å².